The van der Waals surface area contributed by atoms with Gasteiger partial charge in [0.05, 0.1) is 22.5 Å². The van der Waals surface area contributed by atoms with Gasteiger partial charge in [-0.2, -0.15) is 0 Å². The highest BCUT2D eigenvalue weighted by Crippen LogP contribution is 2.36. The second-order valence-electron chi connectivity index (χ2n) is 11.7. The molecular weight excluding hydrogens is 581 g/mol. The van der Waals surface area contributed by atoms with Crippen LogP contribution in [0.5, 0.6) is 0 Å². The van der Waals surface area contributed by atoms with E-state index in [0.717, 1.165) is 59.5 Å². The predicted octanol–water partition coefficient (Wildman–Crippen LogP) is 8.68. The molecule has 4 aromatic rings. The van der Waals surface area contributed by atoms with E-state index < -0.39 is 5.82 Å². The Kier molecular flexibility index (Phi) is 9.52. The van der Waals surface area contributed by atoms with Crippen molar-refractivity contribution >= 4 is 28.8 Å². The van der Waals surface area contributed by atoms with E-state index in [2.05, 4.69) is 39.8 Å². The Morgan fingerprint density at radius 1 is 1.02 bits per heavy atom. The highest BCUT2D eigenvalue weighted by Gasteiger charge is 2.29. The van der Waals surface area contributed by atoms with Crippen LogP contribution in [-0.2, 0) is 19.3 Å². The number of amides is 1. The number of thiazole rings is 1. The second-order valence-corrected chi connectivity index (χ2v) is 13.3. The summed E-state index contributed by atoms with van der Waals surface area (Å²) in [6, 6.07) is 12.4. The topological polar surface area (TPSA) is 55.2 Å². The average Bonchev–Trinajstić information content (AvgIpc) is 3.37. The molecule has 5 rings (SSSR count). The number of piperidine rings is 1. The average molecular weight is 620 g/mol. The van der Waals surface area contributed by atoms with Gasteiger partial charge in [0, 0.05) is 34.2 Å². The maximum atomic E-state index is 15.0. The van der Waals surface area contributed by atoms with Crippen molar-refractivity contribution in [2.45, 2.75) is 73.1 Å². The monoisotopic (exact) mass is 619 g/mol. The van der Waals surface area contributed by atoms with Crippen LogP contribution in [0, 0.1) is 18.7 Å². The molecule has 0 aliphatic carbocycles. The molecule has 1 aliphatic rings. The van der Waals surface area contributed by atoms with Gasteiger partial charge < -0.3 is 4.90 Å². The SMILES string of the molecule is CCc1cccc(CC)c1-n1c(CC(C)C)c(C(=O)N2CCCCC2)cc(-c2nc(-c3ccc(Cl)cc3F)c(C)s2)c1=O. The Morgan fingerprint density at radius 3 is 2.30 bits per heavy atom. The Morgan fingerprint density at radius 2 is 1.70 bits per heavy atom. The number of pyridine rings is 1. The molecule has 2 aromatic heterocycles. The third-order valence-corrected chi connectivity index (χ3v) is 9.42. The Balaban J connectivity index is 1.83. The summed E-state index contributed by atoms with van der Waals surface area (Å²) >= 11 is 7.35. The van der Waals surface area contributed by atoms with Gasteiger partial charge in [-0.3, -0.25) is 14.2 Å². The number of nitrogens with zero attached hydrogens (tertiary/aromatic N) is 3. The molecule has 0 radical (unpaired) electrons. The first-order chi connectivity index (χ1) is 20.6. The molecule has 0 unspecified atom stereocenters. The molecule has 1 saturated heterocycles. The number of hydrogen-bond donors (Lipinski definition) is 0. The van der Waals surface area contributed by atoms with Crippen LogP contribution in [-0.4, -0.2) is 33.4 Å². The van der Waals surface area contributed by atoms with Crippen LogP contribution >= 0.6 is 22.9 Å². The zero-order chi connectivity index (χ0) is 30.8. The molecule has 0 spiro atoms. The van der Waals surface area contributed by atoms with Crippen molar-refractivity contribution in [2.24, 2.45) is 5.92 Å². The smallest absolute Gasteiger partial charge is 0.265 e. The van der Waals surface area contributed by atoms with Crippen LogP contribution in [0.15, 0.2) is 47.3 Å². The first-order valence-corrected chi connectivity index (χ1v) is 16.5. The third kappa shape index (κ3) is 6.20. The molecule has 1 aliphatic heterocycles. The van der Waals surface area contributed by atoms with Crippen molar-refractivity contribution in [1.29, 1.82) is 0 Å². The number of hydrogen-bond acceptors (Lipinski definition) is 4. The zero-order valence-electron chi connectivity index (χ0n) is 25.6. The molecule has 1 fully saturated rings. The molecule has 5 nitrogen and oxygen atoms in total. The molecule has 1 amide bonds. The Labute approximate surface area is 262 Å². The van der Waals surface area contributed by atoms with E-state index in [1.807, 2.05) is 22.5 Å². The third-order valence-electron chi connectivity index (χ3n) is 8.18. The number of rotatable bonds is 8. The van der Waals surface area contributed by atoms with Gasteiger partial charge in [0.25, 0.3) is 11.5 Å². The van der Waals surface area contributed by atoms with Crippen molar-refractivity contribution in [1.82, 2.24) is 14.5 Å². The summed E-state index contributed by atoms with van der Waals surface area (Å²) in [6.45, 7) is 11.7. The number of para-hydroxylation sites is 1. The van der Waals surface area contributed by atoms with Crippen molar-refractivity contribution in [3.05, 3.63) is 90.9 Å². The lowest BCUT2D eigenvalue weighted by Gasteiger charge is -2.29. The molecule has 0 atom stereocenters. The second kappa shape index (κ2) is 13.1. The normalized spacial score (nSPS) is 13.6. The number of aromatic nitrogens is 2. The molecule has 3 heterocycles. The van der Waals surface area contributed by atoms with Crippen molar-refractivity contribution < 1.29 is 9.18 Å². The largest absolute Gasteiger partial charge is 0.339 e. The van der Waals surface area contributed by atoms with Gasteiger partial charge in [-0.05, 0) is 86.8 Å². The maximum absolute atomic E-state index is 15.0. The number of carbonyl (C=O) groups excluding carboxylic acids is 1. The fraction of sp³-hybridized carbons (Fsp3) is 0.400. The van der Waals surface area contributed by atoms with E-state index in [-0.39, 0.29) is 17.4 Å². The van der Waals surface area contributed by atoms with E-state index in [4.69, 9.17) is 16.6 Å². The summed E-state index contributed by atoms with van der Waals surface area (Å²) in [5, 5.41) is 0.775. The van der Waals surface area contributed by atoms with E-state index >= 15 is 0 Å². The van der Waals surface area contributed by atoms with Crippen LogP contribution in [0.2, 0.25) is 5.02 Å². The standard InChI is InChI=1S/C35H39ClFN3O2S/c1-6-23-12-11-13-24(7-2)32(23)40-30(18-21(3)4)27(34(41)39-16-9-8-10-17-39)20-28(35(40)42)33-38-31(22(5)43-33)26-15-14-25(36)19-29(26)37/h11-15,19-21H,6-10,16-18H2,1-5H3. The zero-order valence-corrected chi connectivity index (χ0v) is 27.2. The minimum atomic E-state index is -0.470. The lowest BCUT2D eigenvalue weighted by atomic mass is 9.96. The molecule has 0 saturated carbocycles. The molecule has 2 aromatic carbocycles. The minimum Gasteiger partial charge on any atom is -0.339 e. The summed E-state index contributed by atoms with van der Waals surface area (Å²) in [7, 11) is 0. The van der Waals surface area contributed by atoms with Gasteiger partial charge in [-0.1, -0.05) is 57.5 Å². The summed E-state index contributed by atoms with van der Waals surface area (Å²) in [6.07, 6.45) is 5.11. The molecule has 0 bridgehead atoms. The van der Waals surface area contributed by atoms with E-state index in [1.54, 1.807) is 18.2 Å². The van der Waals surface area contributed by atoms with E-state index in [0.29, 0.717) is 51.9 Å². The molecule has 43 heavy (non-hydrogen) atoms. The van der Waals surface area contributed by atoms with Crippen molar-refractivity contribution in [2.75, 3.05) is 13.1 Å². The number of benzene rings is 2. The fourth-order valence-corrected chi connectivity index (χ4v) is 7.12. The molecular formula is C35H39ClFN3O2S. The van der Waals surface area contributed by atoms with Crippen LogP contribution < -0.4 is 5.56 Å². The first-order valence-electron chi connectivity index (χ1n) is 15.3. The highest BCUT2D eigenvalue weighted by molar-refractivity contribution is 7.15. The lowest BCUT2D eigenvalue weighted by Crippen LogP contribution is -2.38. The van der Waals surface area contributed by atoms with Gasteiger partial charge >= 0.3 is 0 Å². The molecule has 226 valence electrons. The van der Waals surface area contributed by atoms with E-state index in [9.17, 15) is 14.0 Å². The van der Waals surface area contributed by atoms with Crippen molar-refractivity contribution in [3.8, 4) is 27.5 Å². The molecule has 0 N–H and O–H groups in total. The summed E-state index contributed by atoms with van der Waals surface area (Å²) in [4.78, 5) is 36.6. The quantitative estimate of drug-likeness (QED) is 0.198. The van der Waals surface area contributed by atoms with Crippen LogP contribution in [0.3, 0.4) is 0 Å². The van der Waals surface area contributed by atoms with E-state index in [1.165, 1.54) is 17.4 Å². The Hall–Kier alpha value is -3.29. The Bertz CT molecular complexity index is 1700. The van der Waals surface area contributed by atoms with Gasteiger partial charge in [0.15, 0.2) is 0 Å². The van der Waals surface area contributed by atoms with Gasteiger partial charge in [0.2, 0.25) is 0 Å². The van der Waals surface area contributed by atoms with Crippen molar-refractivity contribution in [3.63, 3.8) is 0 Å². The number of likely N-dealkylation sites (tertiary alicyclic amines) is 1. The van der Waals surface area contributed by atoms with Gasteiger partial charge in [0.1, 0.15) is 10.8 Å². The first kappa shape index (κ1) is 31.1. The lowest BCUT2D eigenvalue weighted by molar-refractivity contribution is 0.0722. The van der Waals surface area contributed by atoms with Gasteiger partial charge in [-0.15, -0.1) is 11.3 Å². The summed E-state index contributed by atoms with van der Waals surface area (Å²) < 4.78 is 16.8. The summed E-state index contributed by atoms with van der Waals surface area (Å²) in [5.74, 6) is -0.304. The fourth-order valence-electron chi connectivity index (χ4n) is 6.03. The van der Waals surface area contributed by atoms with Crippen LogP contribution in [0.1, 0.15) is 79.0 Å². The maximum Gasteiger partial charge on any atom is 0.265 e. The minimum absolute atomic E-state index is 0.0466. The number of halogens is 2. The van der Waals surface area contributed by atoms with Crippen LogP contribution in [0.4, 0.5) is 4.39 Å². The molecule has 8 heteroatoms. The van der Waals surface area contributed by atoms with Crippen LogP contribution in [0.25, 0.3) is 27.5 Å². The predicted molar refractivity (Wildman–Crippen MR) is 175 cm³/mol. The highest BCUT2D eigenvalue weighted by atomic mass is 35.5. The number of aryl methyl sites for hydroxylation is 3. The number of carbonyl (C=O) groups is 1. The summed E-state index contributed by atoms with van der Waals surface area (Å²) in [5.41, 5.74) is 5.21. The van der Waals surface area contributed by atoms with Gasteiger partial charge in [-0.25, -0.2) is 9.37 Å².